The van der Waals surface area contributed by atoms with Crippen LogP contribution in [0.25, 0.3) is 0 Å². The van der Waals surface area contributed by atoms with E-state index in [1.54, 1.807) is 25.3 Å². The third-order valence-electron chi connectivity index (χ3n) is 7.69. The number of allylic oxidation sites excluding steroid dienone is 7. The van der Waals surface area contributed by atoms with E-state index in [1.807, 2.05) is 6.08 Å². The van der Waals surface area contributed by atoms with E-state index in [-0.39, 0.29) is 35.2 Å². The van der Waals surface area contributed by atoms with Gasteiger partial charge in [-0.15, -0.1) is 0 Å². The number of hydrogen-bond donors (Lipinski definition) is 2. The van der Waals surface area contributed by atoms with Gasteiger partial charge in [-0.3, -0.25) is 24.4 Å². The molecular formula is C26H21NO7. The van der Waals surface area contributed by atoms with Crippen LogP contribution in [0.5, 0.6) is 11.5 Å². The summed E-state index contributed by atoms with van der Waals surface area (Å²) in [6.45, 7) is 1.61. The number of benzene rings is 1. The SMILES string of the molecule is CC1=CC(=O)C2=C(C1=O)[C@@H](C1=COc3ccc(O)cc3C1)C1=CC[C@@H]3C(=O)N(O)C(=O)[C@@H]3[C@@H]1C2. The Labute approximate surface area is 194 Å². The maximum atomic E-state index is 13.3. The maximum Gasteiger partial charge on any atom is 0.257 e. The van der Waals surface area contributed by atoms with E-state index in [2.05, 4.69) is 0 Å². The van der Waals surface area contributed by atoms with Crippen LogP contribution in [-0.4, -0.2) is 38.8 Å². The number of Topliss-reactive ketones (excluding diaryl/α,β-unsaturated/α-hetero) is 1. The standard InChI is InChI=1S/C26H21NO7/c1-11-6-19(29)18-9-17-15(3-4-16-22(17)26(32)27(33)25(16)31)21(23(18)24(11)30)13-7-12-8-14(28)2-5-20(12)34-10-13/h2-3,5-6,8,10,16-17,21-22,28,33H,4,7,9H2,1H3/t16-,17+,21-,22-/m0/s1. The Morgan fingerprint density at radius 1 is 1.09 bits per heavy atom. The lowest BCUT2D eigenvalue weighted by molar-refractivity contribution is -0.173. The van der Waals surface area contributed by atoms with Crippen LogP contribution in [0.15, 0.2) is 64.5 Å². The van der Waals surface area contributed by atoms with E-state index in [4.69, 9.17) is 4.74 Å². The first-order valence-electron chi connectivity index (χ1n) is 11.2. The molecule has 0 aromatic heterocycles. The van der Waals surface area contributed by atoms with E-state index in [0.717, 1.165) is 16.7 Å². The van der Waals surface area contributed by atoms with Gasteiger partial charge in [0.25, 0.3) is 11.8 Å². The number of hydroxylamine groups is 2. The van der Waals surface area contributed by atoms with E-state index in [1.165, 1.54) is 12.1 Å². The van der Waals surface area contributed by atoms with Gasteiger partial charge in [0.1, 0.15) is 11.5 Å². The minimum absolute atomic E-state index is 0.0885. The number of phenols is 1. The van der Waals surface area contributed by atoms with E-state index in [9.17, 15) is 29.5 Å². The summed E-state index contributed by atoms with van der Waals surface area (Å²) in [6.07, 6.45) is 5.59. The van der Waals surface area contributed by atoms with Gasteiger partial charge in [0.05, 0.1) is 18.1 Å². The van der Waals surface area contributed by atoms with Gasteiger partial charge >= 0.3 is 0 Å². The first-order chi connectivity index (χ1) is 16.3. The Morgan fingerprint density at radius 2 is 1.88 bits per heavy atom. The third kappa shape index (κ3) is 2.75. The minimum Gasteiger partial charge on any atom is -0.508 e. The highest BCUT2D eigenvalue weighted by molar-refractivity contribution is 6.23. The Hall–Kier alpha value is -3.78. The molecule has 172 valence electrons. The molecule has 6 rings (SSSR count). The Morgan fingerprint density at radius 3 is 2.68 bits per heavy atom. The second-order valence-electron chi connectivity index (χ2n) is 9.50. The number of fused-ring (bicyclic) bond motifs is 4. The van der Waals surface area contributed by atoms with Crippen molar-refractivity contribution >= 4 is 23.4 Å². The molecule has 0 bridgehead atoms. The van der Waals surface area contributed by atoms with Crippen LogP contribution < -0.4 is 4.74 Å². The topological polar surface area (TPSA) is 121 Å². The highest BCUT2D eigenvalue weighted by Crippen LogP contribution is 2.54. The summed E-state index contributed by atoms with van der Waals surface area (Å²) in [6, 6.07) is 4.79. The fourth-order valence-corrected chi connectivity index (χ4v) is 6.15. The van der Waals surface area contributed by atoms with Crippen LogP contribution in [0, 0.1) is 23.7 Å². The predicted molar refractivity (Wildman–Crippen MR) is 116 cm³/mol. The number of amides is 2. The lowest BCUT2D eigenvalue weighted by Gasteiger charge is -2.43. The first kappa shape index (κ1) is 20.8. The number of imide groups is 1. The summed E-state index contributed by atoms with van der Waals surface area (Å²) in [4.78, 5) is 51.7. The molecule has 3 aliphatic carbocycles. The third-order valence-corrected chi connectivity index (χ3v) is 7.69. The summed E-state index contributed by atoms with van der Waals surface area (Å²) >= 11 is 0. The van der Waals surface area contributed by atoms with Crippen LogP contribution in [0.3, 0.4) is 0 Å². The van der Waals surface area contributed by atoms with Crippen molar-refractivity contribution in [3.05, 3.63) is 70.0 Å². The van der Waals surface area contributed by atoms with Crippen molar-refractivity contribution in [2.24, 2.45) is 23.7 Å². The molecule has 2 aliphatic heterocycles. The van der Waals surface area contributed by atoms with Crippen molar-refractivity contribution < 1.29 is 34.2 Å². The van der Waals surface area contributed by atoms with Gasteiger partial charge in [-0.25, -0.2) is 0 Å². The van der Waals surface area contributed by atoms with Crippen LogP contribution in [0.2, 0.25) is 0 Å². The molecule has 4 atom stereocenters. The second-order valence-corrected chi connectivity index (χ2v) is 9.50. The molecule has 1 fully saturated rings. The molecule has 1 aromatic rings. The molecule has 2 heterocycles. The number of carbonyl (C=O) groups excluding carboxylic acids is 4. The summed E-state index contributed by atoms with van der Waals surface area (Å²) in [5.74, 6) is -3.67. The van der Waals surface area contributed by atoms with Crippen molar-refractivity contribution in [1.82, 2.24) is 5.06 Å². The number of ketones is 2. The predicted octanol–water partition coefficient (Wildman–Crippen LogP) is 2.56. The second kappa shape index (κ2) is 7.11. The van der Waals surface area contributed by atoms with Crippen molar-refractivity contribution in [3.63, 3.8) is 0 Å². The highest BCUT2D eigenvalue weighted by atomic mass is 16.5. The van der Waals surface area contributed by atoms with Crippen LogP contribution in [0.1, 0.15) is 25.3 Å². The molecule has 2 N–H and O–H groups in total. The van der Waals surface area contributed by atoms with Gasteiger partial charge < -0.3 is 9.84 Å². The zero-order valence-electron chi connectivity index (χ0n) is 18.3. The first-order valence-corrected chi connectivity index (χ1v) is 11.2. The lowest BCUT2D eigenvalue weighted by atomic mass is 9.58. The van der Waals surface area contributed by atoms with Crippen molar-refractivity contribution in [3.8, 4) is 11.5 Å². The molecule has 0 spiro atoms. The normalized spacial score (nSPS) is 30.1. The van der Waals surface area contributed by atoms with Crippen molar-refractivity contribution in [2.75, 3.05) is 0 Å². The average molecular weight is 459 g/mol. The van der Waals surface area contributed by atoms with Gasteiger partial charge in [0.2, 0.25) is 0 Å². The molecule has 0 unspecified atom stereocenters. The molecular weight excluding hydrogens is 438 g/mol. The smallest absolute Gasteiger partial charge is 0.257 e. The molecule has 34 heavy (non-hydrogen) atoms. The minimum atomic E-state index is -0.787. The van der Waals surface area contributed by atoms with Gasteiger partial charge in [0, 0.05) is 34.6 Å². The average Bonchev–Trinajstić information content (AvgIpc) is 3.05. The molecule has 5 aliphatic rings. The Kier molecular flexibility index (Phi) is 4.35. The summed E-state index contributed by atoms with van der Waals surface area (Å²) < 4.78 is 5.83. The number of rotatable bonds is 1. The molecule has 1 saturated heterocycles. The summed E-state index contributed by atoms with van der Waals surface area (Å²) in [5.41, 5.74) is 3.36. The quantitative estimate of drug-likeness (QED) is 0.287. The van der Waals surface area contributed by atoms with Crippen LogP contribution >= 0.6 is 0 Å². The number of aromatic hydroxyl groups is 1. The monoisotopic (exact) mass is 459 g/mol. The fraction of sp³-hybridized carbons (Fsp3) is 0.308. The Bertz CT molecular complexity index is 1340. The van der Waals surface area contributed by atoms with Crippen molar-refractivity contribution in [1.29, 1.82) is 0 Å². The van der Waals surface area contributed by atoms with Gasteiger partial charge in [-0.05, 0) is 55.5 Å². The molecule has 8 heteroatoms. The summed E-state index contributed by atoms with van der Waals surface area (Å²) in [7, 11) is 0. The number of carbonyl (C=O) groups is 4. The zero-order valence-corrected chi connectivity index (χ0v) is 18.3. The van der Waals surface area contributed by atoms with E-state index >= 15 is 0 Å². The van der Waals surface area contributed by atoms with Crippen LogP contribution in [0.4, 0.5) is 0 Å². The van der Waals surface area contributed by atoms with Gasteiger partial charge in [0.15, 0.2) is 11.6 Å². The van der Waals surface area contributed by atoms with E-state index < -0.39 is 35.5 Å². The molecule has 2 amide bonds. The van der Waals surface area contributed by atoms with Crippen LogP contribution in [-0.2, 0) is 25.6 Å². The maximum absolute atomic E-state index is 13.3. The van der Waals surface area contributed by atoms with Crippen molar-refractivity contribution in [2.45, 2.75) is 26.2 Å². The number of ether oxygens (including phenoxy) is 1. The molecule has 0 saturated carbocycles. The lowest BCUT2D eigenvalue weighted by Crippen LogP contribution is -2.41. The van der Waals surface area contributed by atoms with Gasteiger partial charge in [-0.2, -0.15) is 5.06 Å². The summed E-state index contributed by atoms with van der Waals surface area (Å²) in [5, 5.41) is 20.2. The Balaban J connectivity index is 1.50. The molecule has 8 nitrogen and oxygen atoms in total. The number of hydrogen-bond acceptors (Lipinski definition) is 7. The molecule has 1 aromatic carbocycles. The zero-order chi connectivity index (χ0) is 23.9. The number of nitrogens with zero attached hydrogens (tertiary/aromatic N) is 1. The number of phenolic OH excluding ortho intramolecular Hbond substituents is 1. The highest BCUT2D eigenvalue weighted by Gasteiger charge is 2.56. The van der Waals surface area contributed by atoms with E-state index in [0.29, 0.717) is 28.9 Å². The van der Waals surface area contributed by atoms with Gasteiger partial charge in [-0.1, -0.05) is 11.6 Å². The molecule has 0 radical (unpaired) electrons. The largest absolute Gasteiger partial charge is 0.508 e. The fourth-order valence-electron chi connectivity index (χ4n) is 6.15.